The van der Waals surface area contributed by atoms with Crippen molar-refractivity contribution in [1.29, 1.82) is 0 Å². The Hall–Kier alpha value is -2.24. The first kappa shape index (κ1) is 18.1. The average molecular weight is 348 g/mol. The molecule has 3 rings (SSSR count). The number of rotatable bonds is 6. The number of nitrogens with one attached hydrogen (secondary N) is 1. The summed E-state index contributed by atoms with van der Waals surface area (Å²) in [6.07, 6.45) is 4.42. The van der Waals surface area contributed by atoms with Gasteiger partial charge in [-0.2, -0.15) is 0 Å². The molecule has 3 N–H and O–H groups in total. The fraction of sp³-hybridized carbons (Fsp3) is 0.278. The highest BCUT2D eigenvalue weighted by Gasteiger charge is 2.12. The van der Waals surface area contributed by atoms with Crippen LogP contribution in [0.15, 0.2) is 53.3 Å². The fourth-order valence-electron chi connectivity index (χ4n) is 2.77. The second-order valence-corrected chi connectivity index (χ2v) is 5.84. The molecule has 0 aliphatic rings. The zero-order chi connectivity index (χ0) is 16.2. The molecule has 0 saturated carbocycles. The quantitative estimate of drug-likeness (QED) is 0.720. The maximum absolute atomic E-state index is 12.2. The van der Waals surface area contributed by atoms with E-state index in [1.165, 1.54) is 5.56 Å². The summed E-state index contributed by atoms with van der Waals surface area (Å²) >= 11 is 0. The Morgan fingerprint density at radius 2 is 2.08 bits per heavy atom. The monoisotopic (exact) mass is 347 g/mol. The summed E-state index contributed by atoms with van der Waals surface area (Å²) in [5.74, 6) is 0.697. The van der Waals surface area contributed by atoms with E-state index >= 15 is 0 Å². The third-order valence-corrected chi connectivity index (χ3v) is 3.77. The van der Waals surface area contributed by atoms with Gasteiger partial charge in [-0.3, -0.25) is 4.79 Å². The van der Waals surface area contributed by atoms with Gasteiger partial charge in [0.15, 0.2) is 0 Å². The minimum Gasteiger partial charge on any atom is -0.467 e. The van der Waals surface area contributed by atoms with Gasteiger partial charge in [0.2, 0.25) is 5.91 Å². The van der Waals surface area contributed by atoms with Crippen LogP contribution in [0.3, 0.4) is 0 Å². The highest BCUT2D eigenvalue weighted by atomic mass is 35.5. The van der Waals surface area contributed by atoms with Crippen LogP contribution in [0.2, 0.25) is 0 Å². The molecule has 1 amide bonds. The van der Waals surface area contributed by atoms with E-state index < -0.39 is 0 Å². The van der Waals surface area contributed by atoms with Gasteiger partial charge in [-0.05, 0) is 37.1 Å². The highest BCUT2D eigenvalue weighted by molar-refractivity contribution is 5.86. The van der Waals surface area contributed by atoms with Crippen LogP contribution in [0.4, 0.5) is 0 Å². The Balaban J connectivity index is 0.00000208. The zero-order valence-electron chi connectivity index (χ0n) is 13.6. The average Bonchev–Trinajstić information content (AvgIpc) is 3.14. The maximum atomic E-state index is 12.2. The molecule has 0 aliphatic carbocycles. The molecule has 1 unspecified atom stereocenters. The van der Waals surface area contributed by atoms with Gasteiger partial charge in [-0.1, -0.05) is 18.2 Å². The van der Waals surface area contributed by atoms with Crippen molar-refractivity contribution in [2.75, 3.05) is 0 Å². The molecule has 24 heavy (non-hydrogen) atoms. The van der Waals surface area contributed by atoms with Crippen molar-refractivity contribution >= 4 is 29.2 Å². The number of benzene rings is 1. The van der Waals surface area contributed by atoms with Gasteiger partial charge in [0, 0.05) is 23.1 Å². The summed E-state index contributed by atoms with van der Waals surface area (Å²) in [4.78, 5) is 12.2. The lowest BCUT2D eigenvalue weighted by Crippen LogP contribution is -2.26. The van der Waals surface area contributed by atoms with E-state index in [1.54, 1.807) is 12.3 Å². The SMILES string of the molecule is CC(N)Cc1cn(CC(=O)NCc2ccco2)c2ccccc12.Cl. The number of para-hydroxylation sites is 1. The van der Waals surface area contributed by atoms with Crippen LogP contribution in [-0.2, 0) is 24.3 Å². The number of amides is 1. The number of furan rings is 1. The standard InChI is InChI=1S/C18H21N3O2.ClH/c1-13(19)9-14-11-21(17-7-3-2-6-16(14)17)12-18(22)20-10-15-5-4-8-23-15;/h2-8,11,13H,9-10,12,19H2,1H3,(H,20,22);1H. The van der Waals surface area contributed by atoms with E-state index in [-0.39, 0.29) is 30.9 Å². The summed E-state index contributed by atoms with van der Waals surface area (Å²) in [5, 5.41) is 4.03. The van der Waals surface area contributed by atoms with Gasteiger partial charge in [0.05, 0.1) is 12.8 Å². The summed E-state index contributed by atoms with van der Waals surface area (Å²) in [6.45, 7) is 2.67. The van der Waals surface area contributed by atoms with Crippen LogP contribution in [0, 0.1) is 0 Å². The highest BCUT2D eigenvalue weighted by Crippen LogP contribution is 2.22. The number of nitrogens with zero attached hydrogens (tertiary/aromatic N) is 1. The maximum Gasteiger partial charge on any atom is 0.240 e. The predicted octanol–water partition coefficient (Wildman–Crippen LogP) is 2.86. The van der Waals surface area contributed by atoms with E-state index in [0.29, 0.717) is 6.54 Å². The van der Waals surface area contributed by atoms with Crippen LogP contribution < -0.4 is 11.1 Å². The summed E-state index contributed by atoms with van der Waals surface area (Å²) in [6, 6.07) is 11.8. The lowest BCUT2D eigenvalue weighted by molar-refractivity contribution is -0.121. The van der Waals surface area contributed by atoms with Crippen molar-refractivity contribution in [3.05, 3.63) is 60.2 Å². The molecule has 3 aromatic rings. The topological polar surface area (TPSA) is 73.2 Å². The number of halogens is 1. The molecule has 0 fully saturated rings. The molecule has 1 aromatic carbocycles. The predicted molar refractivity (Wildman–Crippen MR) is 97.1 cm³/mol. The first-order valence-electron chi connectivity index (χ1n) is 7.75. The van der Waals surface area contributed by atoms with Crippen LogP contribution >= 0.6 is 12.4 Å². The Morgan fingerprint density at radius 3 is 2.79 bits per heavy atom. The first-order valence-corrected chi connectivity index (χ1v) is 7.75. The molecule has 5 nitrogen and oxygen atoms in total. The Kier molecular flexibility index (Phi) is 6.06. The number of fused-ring (bicyclic) bond motifs is 1. The van der Waals surface area contributed by atoms with E-state index in [0.717, 1.165) is 23.1 Å². The van der Waals surface area contributed by atoms with Gasteiger partial charge < -0.3 is 20.0 Å². The van der Waals surface area contributed by atoms with Crippen LogP contribution in [0.5, 0.6) is 0 Å². The van der Waals surface area contributed by atoms with E-state index in [9.17, 15) is 4.79 Å². The second kappa shape index (κ2) is 8.04. The summed E-state index contributed by atoms with van der Waals surface area (Å²) < 4.78 is 7.19. The van der Waals surface area contributed by atoms with Crippen molar-refractivity contribution in [3.63, 3.8) is 0 Å². The molecule has 2 heterocycles. The first-order chi connectivity index (χ1) is 11.1. The van der Waals surface area contributed by atoms with Crippen molar-refractivity contribution in [2.24, 2.45) is 5.73 Å². The number of hydrogen-bond donors (Lipinski definition) is 2. The van der Waals surface area contributed by atoms with Gasteiger partial charge in [-0.25, -0.2) is 0 Å². The number of carbonyl (C=O) groups is 1. The van der Waals surface area contributed by atoms with Gasteiger partial charge in [0.25, 0.3) is 0 Å². The molecule has 0 radical (unpaired) electrons. The van der Waals surface area contributed by atoms with Crippen molar-refractivity contribution in [2.45, 2.75) is 32.5 Å². The minimum absolute atomic E-state index is 0. The van der Waals surface area contributed by atoms with E-state index in [1.807, 2.05) is 42.0 Å². The van der Waals surface area contributed by atoms with E-state index in [2.05, 4.69) is 11.4 Å². The van der Waals surface area contributed by atoms with Gasteiger partial charge in [0.1, 0.15) is 12.3 Å². The van der Waals surface area contributed by atoms with Crippen LogP contribution in [0.1, 0.15) is 18.2 Å². The fourth-order valence-corrected chi connectivity index (χ4v) is 2.77. The number of carbonyl (C=O) groups excluding carboxylic acids is 1. The van der Waals surface area contributed by atoms with Crippen molar-refractivity contribution in [1.82, 2.24) is 9.88 Å². The third kappa shape index (κ3) is 4.19. The molecule has 128 valence electrons. The number of aromatic nitrogens is 1. The molecule has 0 saturated heterocycles. The minimum atomic E-state index is -0.0468. The van der Waals surface area contributed by atoms with Crippen molar-refractivity contribution in [3.8, 4) is 0 Å². The zero-order valence-corrected chi connectivity index (χ0v) is 14.4. The smallest absolute Gasteiger partial charge is 0.240 e. The Labute approximate surface area is 147 Å². The normalized spacial score (nSPS) is 11.9. The molecular weight excluding hydrogens is 326 g/mol. The Bertz CT molecular complexity index is 794. The van der Waals surface area contributed by atoms with Gasteiger partial charge in [-0.15, -0.1) is 12.4 Å². The summed E-state index contributed by atoms with van der Waals surface area (Å²) in [5.41, 5.74) is 8.16. The molecular formula is C18H22ClN3O2. The molecule has 1 atom stereocenters. The molecule has 0 spiro atoms. The second-order valence-electron chi connectivity index (χ2n) is 5.84. The summed E-state index contributed by atoms with van der Waals surface area (Å²) in [7, 11) is 0. The molecule has 2 aromatic heterocycles. The van der Waals surface area contributed by atoms with Gasteiger partial charge >= 0.3 is 0 Å². The largest absolute Gasteiger partial charge is 0.467 e. The van der Waals surface area contributed by atoms with E-state index in [4.69, 9.17) is 10.2 Å². The lowest BCUT2D eigenvalue weighted by atomic mass is 10.1. The van der Waals surface area contributed by atoms with Crippen molar-refractivity contribution < 1.29 is 9.21 Å². The number of nitrogens with two attached hydrogens (primary N) is 1. The Morgan fingerprint density at radius 1 is 1.29 bits per heavy atom. The molecule has 6 heteroatoms. The lowest BCUT2D eigenvalue weighted by Gasteiger charge is -2.06. The third-order valence-electron chi connectivity index (χ3n) is 3.77. The van der Waals surface area contributed by atoms with Crippen LogP contribution in [0.25, 0.3) is 10.9 Å². The number of hydrogen-bond acceptors (Lipinski definition) is 3. The molecule has 0 aliphatic heterocycles. The van der Waals surface area contributed by atoms with Crippen LogP contribution in [-0.4, -0.2) is 16.5 Å². The molecule has 0 bridgehead atoms.